The summed E-state index contributed by atoms with van der Waals surface area (Å²) < 4.78 is 16.7. The van der Waals surface area contributed by atoms with E-state index in [9.17, 15) is 19.2 Å². The molecule has 3 aliphatic rings. The molecule has 5 atom stereocenters. The van der Waals surface area contributed by atoms with Gasteiger partial charge in [0.15, 0.2) is 0 Å². The maximum absolute atomic E-state index is 13.4. The van der Waals surface area contributed by atoms with E-state index in [0.29, 0.717) is 30.4 Å². The number of carbonyl (C=O) groups is 4. The number of aliphatic imine (C=N–C) groups is 1. The van der Waals surface area contributed by atoms with E-state index >= 15 is 0 Å². The second-order valence-electron chi connectivity index (χ2n) is 11.7. The molecule has 2 N–H and O–H groups in total. The average Bonchev–Trinajstić information content (AvgIpc) is 2.87. The van der Waals surface area contributed by atoms with Gasteiger partial charge in [-0.05, 0) is 59.0 Å². The fourth-order valence-electron chi connectivity index (χ4n) is 5.30. The second kappa shape index (κ2) is 13.3. The smallest absolute Gasteiger partial charge is 0.408 e. The molecule has 0 bridgehead atoms. The van der Waals surface area contributed by atoms with Crippen LogP contribution < -0.4 is 10.6 Å². The van der Waals surface area contributed by atoms with Gasteiger partial charge in [-0.2, -0.15) is 0 Å². The first-order valence-electron chi connectivity index (χ1n) is 14.0. The third-order valence-corrected chi connectivity index (χ3v) is 7.40. The monoisotopic (exact) mass is 545 g/mol. The summed E-state index contributed by atoms with van der Waals surface area (Å²) in [5.41, 5.74) is -0.216. The van der Waals surface area contributed by atoms with Crippen LogP contribution in [0, 0.1) is 23.7 Å². The van der Waals surface area contributed by atoms with Gasteiger partial charge < -0.3 is 24.8 Å². The van der Waals surface area contributed by atoms with E-state index in [0.717, 1.165) is 25.7 Å². The van der Waals surface area contributed by atoms with Crippen LogP contribution in [0.15, 0.2) is 29.0 Å². The Kier molecular flexibility index (Phi) is 10.3. The maximum Gasteiger partial charge on any atom is 0.408 e. The number of amides is 3. The summed E-state index contributed by atoms with van der Waals surface area (Å²) >= 11 is 0. The van der Waals surface area contributed by atoms with Crippen LogP contribution in [0.3, 0.4) is 0 Å². The molecule has 1 heterocycles. The highest BCUT2D eigenvalue weighted by Crippen LogP contribution is 2.35. The van der Waals surface area contributed by atoms with Gasteiger partial charge in [-0.3, -0.25) is 4.79 Å². The zero-order chi connectivity index (χ0) is 28.7. The number of carbonyl (C=O) groups excluding carboxylic acids is 4. The Morgan fingerprint density at radius 2 is 1.87 bits per heavy atom. The number of hydrogen-bond donors (Lipinski definition) is 2. The summed E-state index contributed by atoms with van der Waals surface area (Å²) in [6, 6.07) is -2.07. The number of ether oxygens (including phenoxy) is 3. The predicted octanol–water partition coefficient (Wildman–Crippen LogP) is 4.83. The maximum atomic E-state index is 13.4. The zero-order valence-electron chi connectivity index (χ0n) is 24.0. The molecule has 0 spiro atoms. The van der Waals surface area contributed by atoms with E-state index in [-0.39, 0.29) is 11.8 Å². The Balaban J connectivity index is 1.70. The SMILES string of the molecule is CCC1=NC(=O)NC(C2C=CC=C(OC(=O)C(C)NC(=O)OC(C)(C)C)C2C)C1C(=O)OCC1CCCCC1. The van der Waals surface area contributed by atoms with Crippen LogP contribution in [0.2, 0.25) is 0 Å². The Morgan fingerprint density at radius 3 is 2.51 bits per heavy atom. The Morgan fingerprint density at radius 1 is 1.18 bits per heavy atom. The molecule has 1 aliphatic heterocycles. The fraction of sp³-hybridized carbons (Fsp3) is 0.690. The van der Waals surface area contributed by atoms with Gasteiger partial charge in [-0.1, -0.05) is 45.3 Å². The molecule has 3 amide bonds. The van der Waals surface area contributed by atoms with Crippen LogP contribution in [0.25, 0.3) is 0 Å². The molecule has 5 unspecified atom stereocenters. The van der Waals surface area contributed by atoms with Gasteiger partial charge >= 0.3 is 24.1 Å². The van der Waals surface area contributed by atoms with E-state index in [1.165, 1.54) is 13.3 Å². The van der Waals surface area contributed by atoms with E-state index in [1.54, 1.807) is 32.9 Å². The lowest BCUT2D eigenvalue weighted by Crippen LogP contribution is -2.55. The van der Waals surface area contributed by atoms with Crippen LogP contribution in [-0.4, -0.2) is 54.1 Å². The molecule has 0 aromatic rings. The van der Waals surface area contributed by atoms with Gasteiger partial charge in [0.05, 0.1) is 12.6 Å². The predicted molar refractivity (Wildman–Crippen MR) is 146 cm³/mol. The van der Waals surface area contributed by atoms with E-state index in [2.05, 4.69) is 15.6 Å². The van der Waals surface area contributed by atoms with Crippen LogP contribution in [0.1, 0.15) is 80.1 Å². The number of rotatable bonds is 8. The topological polar surface area (TPSA) is 132 Å². The molecular weight excluding hydrogens is 502 g/mol. The summed E-state index contributed by atoms with van der Waals surface area (Å²) in [7, 11) is 0. The first-order chi connectivity index (χ1) is 18.4. The lowest BCUT2D eigenvalue weighted by Gasteiger charge is -2.38. The standard InChI is InChI=1S/C29H43N3O7/c1-7-21-23(26(34)37-16-19-12-9-8-10-13-19)24(32-27(35)31-21)20-14-11-15-22(17(20)2)38-25(33)18(3)30-28(36)39-29(4,5)6/h11,14-15,17-20,23-24H,7-10,12-13,16H2,1-6H3,(H,30,36)(H,32,35). The van der Waals surface area contributed by atoms with Gasteiger partial charge in [0.2, 0.25) is 0 Å². The number of nitrogens with one attached hydrogen (secondary N) is 2. The summed E-state index contributed by atoms with van der Waals surface area (Å²) in [5, 5.41) is 5.36. The van der Waals surface area contributed by atoms with E-state index < -0.39 is 47.7 Å². The van der Waals surface area contributed by atoms with Gasteiger partial charge in [-0.25, -0.2) is 19.4 Å². The second-order valence-corrected chi connectivity index (χ2v) is 11.7. The Labute approximate surface area is 231 Å². The largest absolute Gasteiger partial charge is 0.465 e. The average molecular weight is 546 g/mol. The van der Waals surface area contributed by atoms with Crippen molar-refractivity contribution in [1.29, 1.82) is 0 Å². The minimum atomic E-state index is -0.951. The molecule has 0 radical (unpaired) electrons. The normalized spacial score (nSPS) is 26.5. The number of esters is 2. The van der Waals surface area contributed by atoms with Crippen molar-refractivity contribution in [3.05, 3.63) is 24.0 Å². The third-order valence-electron chi connectivity index (χ3n) is 7.40. The summed E-state index contributed by atoms with van der Waals surface area (Å²) in [4.78, 5) is 54.8. The van der Waals surface area contributed by atoms with Crippen LogP contribution in [0.4, 0.5) is 9.59 Å². The van der Waals surface area contributed by atoms with Crippen molar-refractivity contribution in [3.8, 4) is 0 Å². The Hall–Kier alpha value is -3.17. The summed E-state index contributed by atoms with van der Waals surface area (Å²) in [5.74, 6) is -1.77. The highest BCUT2D eigenvalue weighted by molar-refractivity contribution is 6.09. The van der Waals surface area contributed by atoms with Crippen molar-refractivity contribution in [3.63, 3.8) is 0 Å². The molecule has 39 heavy (non-hydrogen) atoms. The summed E-state index contributed by atoms with van der Waals surface area (Å²) in [6.45, 7) is 10.8. The van der Waals surface area contributed by atoms with Gasteiger partial charge in [0.25, 0.3) is 0 Å². The molecule has 0 aromatic heterocycles. The molecule has 1 fully saturated rings. The first-order valence-corrected chi connectivity index (χ1v) is 14.0. The van der Waals surface area contributed by atoms with E-state index in [4.69, 9.17) is 14.2 Å². The van der Waals surface area contributed by atoms with Gasteiger partial charge in [0, 0.05) is 17.5 Å². The first kappa shape index (κ1) is 30.4. The number of hydrogen-bond acceptors (Lipinski definition) is 7. The molecule has 216 valence electrons. The molecular formula is C29H43N3O7. The third kappa shape index (κ3) is 8.41. The highest BCUT2D eigenvalue weighted by Gasteiger charge is 2.45. The molecule has 10 nitrogen and oxygen atoms in total. The van der Waals surface area contributed by atoms with Gasteiger partial charge in [-0.15, -0.1) is 0 Å². The molecule has 0 saturated heterocycles. The van der Waals surface area contributed by atoms with Crippen molar-refractivity contribution < 1.29 is 33.4 Å². The molecule has 2 aliphatic carbocycles. The molecule has 1 saturated carbocycles. The quantitative estimate of drug-likeness (QED) is 0.330. The highest BCUT2D eigenvalue weighted by atomic mass is 16.6. The van der Waals surface area contributed by atoms with Crippen molar-refractivity contribution in [1.82, 2.24) is 10.6 Å². The minimum absolute atomic E-state index is 0.358. The van der Waals surface area contributed by atoms with Crippen molar-refractivity contribution in [2.45, 2.75) is 97.8 Å². The fourth-order valence-corrected chi connectivity index (χ4v) is 5.30. The van der Waals surface area contributed by atoms with Crippen molar-refractivity contribution in [2.24, 2.45) is 28.7 Å². The van der Waals surface area contributed by atoms with Crippen LogP contribution in [-0.2, 0) is 23.8 Å². The Bertz CT molecular complexity index is 1020. The molecule has 10 heteroatoms. The number of nitrogens with zero attached hydrogens (tertiary/aromatic N) is 1. The van der Waals surface area contributed by atoms with Crippen molar-refractivity contribution >= 4 is 29.8 Å². The lowest BCUT2D eigenvalue weighted by molar-refractivity contribution is -0.149. The van der Waals surface area contributed by atoms with Gasteiger partial charge in [0.1, 0.15) is 23.3 Å². The van der Waals surface area contributed by atoms with Crippen LogP contribution >= 0.6 is 0 Å². The lowest BCUT2D eigenvalue weighted by atomic mass is 9.75. The zero-order valence-corrected chi connectivity index (χ0v) is 24.0. The summed E-state index contributed by atoms with van der Waals surface area (Å²) in [6.07, 6.45) is 10.6. The molecule has 0 aromatic carbocycles. The number of alkyl carbamates (subject to hydrolysis) is 1. The van der Waals surface area contributed by atoms with Crippen molar-refractivity contribution in [2.75, 3.05) is 6.61 Å². The number of allylic oxidation sites excluding steroid dienone is 3. The molecule has 3 rings (SSSR count). The van der Waals surface area contributed by atoms with Crippen LogP contribution in [0.5, 0.6) is 0 Å². The van der Waals surface area contributed by atoms with E-state index in [1.807, 2.05) is 19.9 Å². The minimum Gasteiger partial charge on any atom is -0.465 e. The number of urea groups is 1.